The zero-order valence-corrected chi connectivity index (χ0v) is 17.7. The van der Waals surface area contributed by atoms with Gasteiger partial charge in [0.25, 0.3) is 11.8 Å². The lowest BCUT2D eigenvalue weighted by molar-refractivity contribution is -0.120. The molecule has 0 aliphatic rings. The molecule has 2 amide bonds. The smallest absolute Gasteiger partial charge is 0.259 e. The Labute approximate surface area is 172 Å². The number of aromatic hydroxyl groups is 2. The van der Waals surface area contributed by atoms with Crippen LogP contribution in [0.5, 0.6) is 11.5 Å². The lowest BCUT2D eigenvalue weighted by Gasteiger charge is -2.12. The first kappa shape index (κ1) is 20.9. The maximum absolute atomic E-state index is 12.0. The van der Waals surface area contributed by atoms with Gasteiger partial charge in [0.05, 0.1) is 22.8 Å². The fourth-order valence-electron chi connectivity index (χ4n) is 2.22. The number of halogens is 2. The Hall–Kier alpha value is -2.39. The maximum Gasteiger partial charge on any atom is 0.259 e. The molecule has 0 heterocycles. The van der Waals surface area contributed by atoms with E-state index in [-0.39, 0.29) is 18.0 Å². The molecule has 0 spiro atoms. The van der Waals surface area contributed by atoms with Crippen molar-refractivity contribution in [2.75, 3.05) is 6.54 Å². The summed E-state index contributed by atoms with van der Waals surface area (Å²) in [6.07, 6.45) is 1.27. The van der Waals surface area contributed by atoms with Crippen molar-refractivity contribution < 1.29 is 19.8 Å². The molecule has 0 atom stereocenters. The van der Waals surface area contributed by atoms with Gasteiger partial charge in [-0.25, -0.2) is 5.43 Å². The van der Waals surface area contributed by atoms with E-state index in [1.165, 1.54) is 6.21 Å². The zero-order chi connectivity index (χ0) is 20.1. The first-order chi connectivity index (χ1) is 12.7. The number of benzene rings is 2. The first-order valence-corrected chi connectivity index (χ1v) is 9.37. The second kappa shape index (κ2) is 9.01. The van der Waals surface area contributed by atoms with Gasteiger partial charge >= 0.3 is 0 Å². The van der Waals surface area contributed by atoms with Crippen LogP contribution in [-0.2, 0) is 4.79 Å². The molecule has 142 valence electrons. The van der Waals surface area contributed by atoms with Gasteiger partial charge in [0, 0.05) is 15.6 Å². The quantitative estimate of drug-likeness (QED) is 0.375. The topological polar surface area (TPSA) is 111 Å². The predicted molar refractivity (Wildman–Crippen MR) is 109 cm³/mol. The fourth-order valence-corrected chi connectivity index (χ4v) is 3.20. The third kappa shape index (κ3) is 4.86. The number of phenolic OH excluding ortho intramolecular Hbond substituents is 2. The normalized spacial score (nSPS) is 10.8. The van der Waals surface area contributed by atoms with Gasteiger partial charge in [-0.15, -0.1) is 0 Å². The monoisotopic (exact) mass is 497 g/mol. The van der Waals surface area contributed by atoms with Gasteiger partial charge in [0.15, 0.2) is 0 Å². The highest BCUT2D eigenvalue weighted by atomic mass is 79.9. The van der Waals surface area contributed by atoms with Crippen LogP contribution in [0.1, 0.15) is 27.0 Å². The van der Waals surface area contributed by atoms with Crippen LogP contribution in [0.3, 0.4) is 0 Å². The van der Waals surface area contributed by atoms with Gasteiger partial charge in [-0.1, -0.05) is 12.1 Å². The molecule has 0 bridgehead atoms. The fraction of sp³-hybridized carbons (Fsp3) is 0.167. The summed E-state index contributed by atoms with van der Waals surface area (Å²) in [6.45, 7) is 2.98. The van der Waals surface area contributed by atoms with Gasteiger partial charge in [0.2, 0.25) is 0 Å². The minimum atomic E-state index is -0.529. The van der Waals surface area contributed by atoms with E-state index in [2.05, 4.69) is 47.7 Å². The van der Waals surface area contributed by atoms with Crippen molar-refractivity contribution in [3.63, 3.8) is 0 Å². The van der Waals surface area contributed by atoms with E-state index < -0.39 is 11.8 Å². The summed E-state index contributed by atoms with van der Waals surface area (Å²) in [6, 6.07) is 6.86. The Kier molecular flexibility index (Phi) is 6.98. The Morgan fingerprint density at radius 1 is 1.11 bits per heavy atom. The van der Waals surface area contributed by atoms with Crippen molar-refractivity contribution in [1.29, 1.82) is 0 Å². The first-order valence-electron chi connectivity index (χ1n) is 7.79. The highest BCUT2D eigenvalue weighted by Gasteiger charge is 2.16. The summed E-state index contributed by atoms with van der Waals surface area (Å²) in [4.78, 5) is 23.9. The van der Waals surface area contributed by atoms with E-state index in [4.69, 9.17) is 0 Å². The summed E-state index contributed by atoms with van der Waals surface area (Å²) in [7, 11) is 0. The largest absolute Gasteiger partial charge is 0.507 e. The molecule has 9 heteroatoms. The minimum Gasteiger partial charge on any atom is -0.507 e. The number of hydrazone groups is 1. The van der Waals surface area contributed by atoms with Crippen molar-refractivity contribution in [3.8, 4) is 11.5 Å². The number of carbonyl (C=O) groups is 2. The van der Waals surface area contributed by atoms with Crippen molar-refractivity contribution >= 4 is 49.9 Å². The van der Waals surface area contributed by atoms with Crippen LogP contribution in [0, 0.1) is 13.8 Å². The Morgan fingerprint density at radius 2 is 1.78 bits per heavy atom. The molecule has 7 nitrogen and oxygen atoms in total. The van der Waals surface area contributed by atoms with Crippen LogP contribution in [0.15, 0.2) is 38.3 Å². The van der Waals surface area contributed by atoms with Crippen LogP contribution < -0.4 is 10.7 Å². The molecule has 0 radical (unpaired) electrons. The van der Waals surface area contributed by atoms with Gasteiger partial charge in [-0.05, 0) is 63.4 Å². The minimum absolute atomic E-state index is 0.0547. The van der Waals surface area contributed by atoms with Crippen LogP contribution in [0.4, 0.5) is 0 Å². The lowest BCUT2D eigenvalue weighted by atomic mass is 10.0. The van der Waals surface area contributed by atoms with E-state index in [0.29, 0.717) is 31.2 Å². The predicted octanol–water partition coefficient (Wildman–Crippen LogP) is 3.12. The van der Waals surface area contributed by atoms with Crippen molar-refractivity contribution in [2.24, 2.45) is 5.10 Å². The summed E-state index contributed by atoms with van der Waals surface area (Å²) < 4.78 is 1.06. The van der Waals surface area contributed by atoms with Gasteiger partial charge in [0.1, 0.15) is 11.5 Å². The number of amides is 2. The Morgan fingerprint density at radius 3 is 2.44 bits per heavy atom. The maximum atomic E-state index is 12.0. The molecule has 0 aromatic heterocycles. The van der Waals surface area contributed by atoms with Gasteiger partial charge in [-0.3, -0.25) is 9.59 Å². The van der Waals surface area contributed by atoms with E-state index in [1.807, 2.05) is 0 Å². The number of rotatable bonds is 5. The summed E-state index contributed by atoms with van der Waals surface area (Å²) in [5.74, 6) is -1.11. The average Bonchev–Trinajstić information content (AvgIpc) is 2.66. The molecular formula is C18H17Br2N3O4. The third-order valence-corrected chi connectivity index (χ3v) is 5.48. The van der Waals surface area contributed by atoms with Crippen LogP contribution >= 0.6 is 31.9 Å². The van der Waals surface area contributed by atoms with E-state index in [9.17, 15) is 19.8 Å². The molecule has 2 aromatic carbocycles. The molecule has 2 aromatic rings. The second-order valence-corrected chi connectivity index (χ2v) is 7.28. The van der Waals surface area contributed by atoms with Crippen molar-refractivity contribution in [3.05, 3.63) is 55.5 Å². The van der Waals surface area contributed by atoms with Crippen molar-refractivity contribution in [1.82, 2.24) is 10.7 Å². The zero-order valence-electron chi connectivity index (χ0n) is 14.5. The second-order valence-electron chi connectivity index (χ2n) is 5.63. The third-order valence-electron chi connectivity index (χ3n) is 3.82. The van der Waals surface area contributed by atoms with E-state index in [0.717, 1.165) is 0 Å². The SMILES string of the molecule is Cc1c(O)c(Br)c(C)c(C=NNC(=O)CNC(=O)c2ccccc2Br)c1O. The number of hydrogen-bond acceptors (Lipinski definition) is 5. The number of nitrogens with one attached hydrogen (secondary N) is 2. The summed E-state index contributed by atoms with van der Waals surface area (Å²) in [5, 5.41) is 26.3. The molecule has 0 saturated carbocycles. The molecule has 0 saturated heterocycles. The molecule has 2 rings (SSSR count). The Bertz CT molecular complexity index is 900. The molecule has 4 N–H and O–H groups in total. The molecule has 0 unspecified atom stereocenters. The standard InChI is InChI=1S/C18H17Br2N3O4/c1-9-12(16(25)10(2)17(26)15(9)20)7-22-23-14(24)8-21-18(27)11-5-3-4-6-13(11)19/h3-7,25-26H,8H2,1-2H3,(H,21,27)(H,23,24). The van der Waals surface area contributed by atoms with Crippen LogP contribution in [0.25, 0.3) is 0 Å². The molecule has 27 heavy (non-hydrogen) atoms. The van der Waals surface area contributed by atoms with Crippen LogP contribution in [0.2, 0.25) is 0 Å². The molecule has 0 fully saturated rings. The summed E-state index contributed by atoms with van der Waals surface area (Å²) >= 11 is 6.51. The number of hydrogen-bond donors (Lipinski definition) is 4. The lowest BCUT2D eigenvalue weighted by Crippen LogP contribution is -2.35. The van der Waals surface area contributed by atoms with Crippen LogP contribution in [-0.4, -0.2) is 34.8 Å². The summed E-state index contributed by atoms with van der Waals surface area (Å²) in [5.41, 5.74) is 3.91. The van der Waals surface area contributed by atoms with E-state index >= 15 is 0 Å². The van der Waals surface area contributed by atoms with Gasteiger partial charge in [-0.2, -0.15) is 5.10 Å². The molecular weight excluding hydrogens is 482 g/mol. The average molecular weight is 499 g/mol. The van der Waals surface area contributed by atoms with E-state index in [1.54, 1.807) is 38.1 Å². The molecule has 0 aliphatic heterocycles. The van der Waals surface area contributed by atoms with Gasteiger partial charge < -0.3 is 15.5 Å². The number of nitrogens with zero attached hydrogens (tertiary/aromatic N) is 1. The Balaban J connectivity index is 1.98. The number of phenols is 2. The molecule has 0 aliphatic carbocycles. The highest BCUT2D eigenvalue weighted by molar-refractivity contribution is 9.11. The number of carbonyl (C=O) groups excluding carboxylic acids is 2. The highest BCUT2D eigenvalue weighted by Crippen LogP contribution is 2.39. The van der Waals surface area contributed by atoms with Crippen molar-refractivity contribution in [2.45, 2.75) is 13.8 Å².